The average molecular weight is 454 g/mol. The molecular weight excluding hydrogens is 434 g/mol. The second kappa shape index (κ2) is 9.60. The Kier molecular flexibility index (Phi) is 6.43. The number of hydrogen-bond acceptors (Lipinski definition) is 7. The molecule has 3 aromatic rings. The lowest BCUT2D eigenvalue weighted by Gasteiger charge is -2.13. The lowest BCUT2D eigenvalue weighted by atomic mass is 10.1. The highest BCUT2D eigenvalue weighted by Crippen LogP contribution is 2.29. The van der Waals surface area contributed by atoms with Crippen LogP contribution in [0.1, 0.15) is 29.6 Å². The first-order valence-electron chi connectivity index (χ1n) is 10.2. The minimum absolute atomic E-state index is 0.0387. The molecule has 0 radical (unpaired) electrons. The Morgan fingerprint density at radius 1 is 1.09 bits per heavy atom. The van der Waals surface area contributed by atoms with Gasteiger partial charge in [0.25, 0.3) is 0 Å². The molecule has 0 spiro atoms. The number of halogens is 2. The number of benzene rings is 2. The number of rotatable bonds is 1. The molecule has 2 heterocycles. The first kappa shape index (κ1) is 22.1. The van der Waals surface area contributed by atoms with E-state index in [0.717, 1.165) is 6.20 Å². The Labute approximate surface area is 188 Å². The number of amides is 1. The summed E-state index contributed by atoms with van der Waals surface area (Å²) >= 11 is 0. The summed E-state index contributed by atoms with van der Waals surface area (Å²) in [6.45, 7) is 0.162. The van der Waals surface area contributed by atoms with Gasteiger partial charge in [-0.05, 0) is 49.2 Å². The molecular formula is C23H20F2N4O4. The zero-order valence-corrected chi connectivity index (χ0v) is 17.7. The third-order valence-electron chi connectivity index (χ3n) is 4.96. The van der Waals surface area contributed by atoms with E-state index in [9.17, 15) is 18.4 Å². The number of nitrogens with one attached hydrogen (secondary N) is 2. The molecule has 2 aromatic carbocycles. The van der Waals surface area contributed by atoms with E-state index in [1.165, 1.54) is 37.4 Å². The second-order valence-corrected chi connectivity index (χ2v) is 7.27. The summed E-state index contributed by atoms with van der Waals surface area (Å²) in [6, 6.07) is 8.55. The number of carbonyl (C=O) groups is 2. The van der Waals surface area contributed by atoms with Crippen molar-refractivity contribution in [3.05, 3.63) is 59.8 Å². The Bertz CT molecular complexity index is 1220. The molecule has 10 heteroatoms. The Morgan fingerprint density at radius 3 is 2.76 bits per heavy atom. The van der Waals surface area contributed by atoms with Crippen molar-refractivity contribution in [2.45, 2.75) is 19.3 Å². The summed E-state index contributed by atoms with van der Waals surface area (Å²) in [5, 5.41) is 5.63. The van der Waals surface area contributed by atoms with Crippen LogP contribution < -0.4 is 15.4 Å². The number of carbonyl (C=O) groups excluding carboxylic acids is 2. The maximum atomic E-state index is 14.5. The van der Waals surface area contributed by atoms with Gasteiger partial charge in [-0.1, -0.05) is 0 Å². The van der Waals surface area contributed by atoms with Crippen LogP contribution in [0.3, 0.4) is 0 Å². The van der Waals surface area contributed by atoms with Gasteiger partial charge >= 0.3 is 5.97 Å². The molecule has 0 saturated heterocycles. The smallest absolute Gasteiger partial charge is 0.339 e. The van der Waals surface area contributed by atoms with Gasteiger partial charge in [-0.3, -0.25) is 4.79 Å². The van der Waals surface area contributed by atoms with E-state index in [-0.39, 0.29) is 47.6 Å². The quantitative estimate of drug-likeness (QED) is 0.524. The highest BCUT2D eigenvalue weighted by molar-refractivity contribution is 6.02. The van der Waals surface area contributed by atoms with Crippen LogP contribution in [0.25, 0.3) is 11.3 Å². The van der Waals surface area contributed by atoms with Crippen molar-refractivity contribution < 1.29 is 27.8 Å². The Balaban J connectivity index is 1.77. The van der Waals surface area contributed by atoms with Crippen LogP contribution in [0.5, 0.6) is 5.75 Å². The van der Waals surface area contributed by atoms with Crippen molar-refractivity contribution in [2.24, 2.45) is 0 Å². The summed E-state index contributed by atoms with van der Waals surface area (Å²) in [4.78, 5) is 32.7. The van der Waals surface area contributed by atoms with Crippen molar-refractivity contribution in [3.63, 3.8) is 0 Å². The van der Waals surface area contributed by atoms with Crippen molar-refractivity contribution >= 4 is 29.2 Å². The lowest BCUT2D eigenvalue weighted by Crippen LogP contribution is -2.15. The maximum Gasteiger partial charge on any atom is 0.339 e. The van der Waals surface area contributed by atoms with Gasteiger partial charge in [0.15, 0.2) is 17.4 Å². The van der Waals surface area contributed by atoms with Crippen LogP contribution in [0.4, 0.5) is 26.1 Å². The van der Waals surface area contributed by atoms with Gasteiger partial charge in [0.2, 0.25) is 11.9 Å². The number of hydrogen-bond donors (Lipinski definition) is 2. The molecule has 0 aliphatic carbocycles. The zero-order chi connectivity index (χ0) is 23.4. The highest BCUT2D eigenvalue weighted by Gasteiger charge is 2.17. The van der Waals surface area contributed by atoms with Crippen molar-refractivity contribution in [1.82, 2.24) is 9.97 Å². The van der Waals surface area contributed by atoms with Crippen LogP contribution in [-0.4, -0.2) is 35.6 Å². The first-order valence-corrected chi connectivity index (χ1v) is 10.2. The molecule has 1 amide bonds. The second-order valence-electron chi connectivity index (χ2n) is 7.27. The summed E-state index contributed by atoms with van der Waals surface area (Å²) in [5.74, 6) is -2.18. The van der Waals surface area contributed by atoms with Crippen LogP contribution in [0.2, 0.25) is 0 Å². The molecule has 1 aliphatic heterocycles. The summed E-state index contributed by atoms with van der Waals surface area (Å²) in [5.41, 5.74) is 1.14. The van der Waals surface area contributed by atoms with Crippen molar-refractivity contribution in [3.8, 4) is 17.0 Å². The normalized spacial score (nSPS) is 13.7. The molecule has 1 aliphatic rings. The van der Waals surface area contributed by atoms with Gasteiger partial charge in [-0.15, -0.1) is 0 Å². The van der Waals surface area contributed by atoms with E-state index in [4.69, 9.17) is 9.47 Å². The van der Waals surface area contributed by atoms with E-state index >= 15 is 0 Å². The molecule has 0 atom stereocenters. The fraction of sp³-hybridized carbons (Fsp3) is 0.217. The predicted octanol–water partition coefficient (Wildman–Crippen LogP) is 4.45. The van der Waals surface area contributed by atoms with Crippen LogP contribution in [0.15, 0.2) is 42.6 Å². The minimum atomic E-state index is -0.690. The monoisotopic (exact) mass is 454 g/mol. The third-order valence-corrected chi connectivity index (χ3v) is 4.96. The fourth-order valence-corrected chi connectivity index (χ4v) is 3.32. The Morgan fingerprint density at radius 2 is 1.94 bits per heavy atom. The van der Waals surface area contributed by atoms with E-state index in [1.807, 2.05) is 0 Å². The third kappa shape index (κ3) is 5.05. The topological polar surface area (TPSA) is 102 Å². The lowest BCUT2D eigenvalue weighted by molar-refractivity contribution is -0.116. The molecule has 2 N–H and O–H groups in total. The first-order chi connectivity index (χ1) is 15.9. The number of ether oxygens (including phenoxy) is 2. The summed E-state index contributed by atoms with van der Waals surface area (Å²) in [6.07, 6.45) is 2.11. The number of nitrogens with zero attached hydrogens (tertiary/aromatic N) is 2. The van der Waals surface area contributed by atoms with E-state index in [0.29, 0.717) is 24.1 Å². The zero-order valence-electron chi connectivity index (χ0n) is 17.7. The molecule has 6 bridgehead atoms. The van der Waals surface area contributed by atoms with Crippen LogP contribution in [-0.2, 0) is 9.53 Å². The molecule has 0 saturated carbocycles. The standard InChI is InChI=1S/C23H20F2N4O4/c1-32-22(31)15-7-6-14-11-18(15)28-20(30)4-2-3-9-33-19-10-13(5-8-16(19)24)21-17(25)12-26-23(27-14)29-21/h5-8,10-12H,2-4,9H2,1H3,(H,28,30)(H,26,27,29). The average Bonchev–Trinajstić information content (AvgIpc) is 2.80. The summed E-state index contributed by atoms with van der Waals surface area (Å²) < 4.78 is 39.0. The minimum Gasteiger partial charge on any atom is -0.490 e. The van der Waals surface area contributed by atoms with Gasteiger partial charge in [0, 0.05) is 17.7 Å². The van der Waals surface area contributed by atoms with Crippen molar-refractivity contribution in [1.29, 1.82) is 0 Å². The SMILES string of the molecule is COC(=O)c1ccc2cc1NC(=O)CCCCOc1cc(ccc1F)-c1nc(ncc1F)N2. The number of aromatic nitrogens is 2. The predicted molar refractivity (Wildman–Crippen MR) is 116 cm³/mol. The van der Waals surface area contributed by atoms with Gasteiger partial charge in [-0.25, -0.2) is 23.5 Å². The van der Waals surface area contributed by atoms with Crippen LogP contribution >= 0.6 is 0 Å². The van der Waals surface area contributed by atoms with Gasteiger partial charge in [-0.2, -0.15) is 0 Å². The molecule has 170 valence electrons. The van der Waals surface area contributed by atoms with Gasteiger partial charge in [0.1, 0.15) is 5.69 Å². The van der Waals surface area contributed by atoms with E-state index < -0.39 is 17.6 Å². The molecule has 0 unspecified atom stereocenters. The molecule has 33 heavy (non-hydrogen) atoms. The Hall–Kier alpha value is -4.08. The van der Waals surface area contributed by atoms with E-state index in [1.54, 1.807) is 6.07 Å². The van der Waals surface area contributed by atoms with Gasteiger partial charge < -0.3 is 20.1 Å². The number of methoxy groups -OCH3 is 1. The van der Waals surface area contributed by atoms with Crippen LogP contribution in [0, 0.1) is 11.6 Å². The molecule has 1 aromatic heterocycles. The number of fused-ring (bicyclic) bond motifs is 7. The van der Waals surface area contributed by atoms with Crippen molar-refractivity contribution in [2.75, 3.05) is 24.4 Å². The maximum absolute atomic E-state index is 14.5. The van der Waals surface area contributed by atoms with E-state index in [2.05, 4.69) is 20.6 Å². The number of anilines is 3. The molecule has 4 rings (SSSR count). The molecule has 0 fully saturated rings. The highest BCUT2D eigenvalue weighted by atomic mass is 19.1. The molecule has 8 nitrogen and oxygen atoms in total. The fourth-order valence-electron chi connectivity index (χ4n) is 3.32. The van der Waals surface area contributed by atoms with Gasteiger partial charge in [0.05, 0.1) is 31.2 Å². The largest absolute Gasteiger partial charge is 0.490 e. The summed E-state index contributed by atoms with van der Waals surface area (Å²) in [7, 11) is 1.24. The number of esters is 1.